The smallest absolute Gasteiger partial charge is 0.243 e. The minimum absolute atomic E-state index is 0.0636. The Morgan fingerprint density at radius 1 is 0.933 bits per heavy atom. The largest absolute Gasteiger partial charge is 0.356 e. The molecule has 1 aliphatic heterocycles. The number of piperidine rings is 1. The number of fused-ring (bicyclic) bond motifs is 1. The second kappa shape index (κ2) is 9.82. The Labute approximate surface area is 181 Å². The SMILES string of the molecule is O=C(NCCC1CCCCC1)C1CCN(S(=O)(=O)c2ccc3c(c2)CCCC3)CC1. The van der Waals surface area contributed by atoms with Gasteiger partial charge in [-0.25, -0.2) is 8.42 Å². The first-order valence-corrected chi connectivity index (χ1v) is 13.4. The molecule has 0 spiro atoms. The van der Waals surface area contributed by atoms with Crippen molar-refractivity contribution in [2.24, 2.45) is 11.8 Å². The summed E-state index contributed by atoms with van der Waals surface area (Å²) in [5, 5.41) is 3.11. The maximum atomic E-state index is 13.1. The average Bonchev–Trinajstić information content (AvgIpc) is 2.79. The normalized spacial score (nSPS) is 21.9. The first-order valence-electron chi connectivity index (χ1n) is 11.9. The standard InChI is InChI=1S/C24H36N2O3S/c27-24(25-15-12-19-6-2-1-3-7-19)21-13-16-26(17-14-21)30(28,29)23-11-10-20-8-4-5-9-22(20)18-23/h10-11,18-19,21H,1-9,12-17H2,(H,25,27). The van der Waals surface area contributed by atoms with E-state index < -0.39 is 10.0 Å². The molecule has 0 bridgehead atoms. The summed E-state index contributed by atoms with van der Waals surface area (Å²) >= 11 is 0. The van der Waals surface area contributed by atoms with E-state index in [0.29, 0.717) is 30.8 Å². The molecule has 5 nitrogen and oxygen atoms in total. The van der Waals surface area contributed by atoms with Crippen LogP contribution >= 0.6 is 0 Å². The number of hydrogen-bond donors (Lipinski definition) is 1. The number of aryl methyl sites for hydroxylation is 2. The van der Waals surface area contributed by atoms with Crippen molar-refractivity contribution < 1.29 is 13.2 Å². The van der Waals surface area contributed by atoms with Crippen LogP contribution in [0.4, 0.5) is 0 Å². The Kier molecular flexibility index (Phi) is 7.14. The molecule has 1 saturated carbocycles. The van der Waals surface area contributed by atoms with Crippen molar-refractivity contribution in [1.29, 1.82) is 0 Å². The topological polar surface area (TPSA) is 66.5 Å². The summed E-state index contributed by atoms with van der Waals surface area (Å²) in [4.78, 5) is 13.0. The molecule has 1 N–H and O–H groups in total. The molecule has 4 rings (SSSR count). The average molecular weight is 433 g/mol. The van der Waals surface area contributed by atoms with Crippen molar-refractivity contribution in [2.75, 3.05) is 19.6 Å². The zero-order chi connectivity index (χ0) is 21.0. The summed E-state index contributed by atoms with van der Waals surface area (Å²) in [7, 11) is -3.47. The second-order valence-electron chi connectivity index (χ2n) is 9.40. The van der Waals surface area contributed by atoms with Crippen molar-refractivity contribution in [1.82, 2.24) is 9.62 Å². The Bertz CT molecular complexity index is 838. The summed E-state index contributed by atoms with van der Waals surface area (Å²) in [6, 6.07) is 5.64. The number of carbonyl (C=O) groups excluding carboxylic acids is 1. The van der Waals surface area contributed by atoms with Gasteiger partial charge in [-0.2, -0.15) is 4.31 Å². The molecule has 1 amide bonds. The van der Waals surface area contributed by atoms with Gasteiger partial charge in [0.1, 0.15) is 0 Å². The minimum atomic E-state index is -3.47. The zero-order valence-electron chi connectivity index (χ0n) is 18.1. The van der Waals surface area contributed by atoms with Crippen LogP contribution in [0.5, 0.6) is 0 Å². The summed E-state index contributed by atoms with van der Waals surface area (Å²) in [5.74, 6) is 0.811. The van der Waals surface area contributed by atoms with Crippen LogP contribution in [0.1, 0.15) is 75.3 Å². The summed E-state index contributed by atoms with van der Waals surface area (Å²) in [5.41, 5.74) is 2.48. The lowest BCUT2D eigenvalue weighted by atomic mass is 9.87. The monoisotopic (exact) mass is 432 g/mol. The van der Waals surface area contributed by atoms with Crippen LogP contribution in [-0.2, 0) is 27.7 Å². The lowest BCUT2D eigenvalue weighted by Gasteiger charge is -2.31. The number of carbonyl (C=O) groups is 1. The Morgan fingerprint density at radius 3 is 2.37 bits per heavy atom. The highest BCUT2D eigenvalue weighted by Gasteiger charge is 2.32. The number of nitrogens with one attached hydrogen (secondary N) is 1. The number of rotatable bonds is 6. The predicted molar refractivity (Wildman–Crippen MR) is 119 cm³/mol. The van der Waals surface area contributed by atoms with Gasteiger partial charge in [0.15, 0.2) is 0 Å². The molecule has 0 unspecified atom stereocenters. The van der Waals surface area contributed by atoms with E-state index in [2.05, 4.69) is 5.32 Å². The molecular formula is C24H36N2O3S. The summed E-state index contributed by atoms with van der Waals surface area (Å²) in [6.45, 7) is 1.62. The fraction of sp³-hybridized carbons (Fsp3) is 0.708. The molecule has 166 valence electrons. The third-order valence-electron chi connectivity index (χ3n) is 7.36. The van der Waals surface area contributed by atoms with E-state index in [9.17, 15) is 13.2 Å². The zero-order valence-corrected chi connectivity index (χ0v) is 18.9. The van der Waals surface area contributed by atoms with E-state index in [1.54, 1.807) is 10.4 Å². The third kappa shape index (κ3) is 5.08. The van der Waals surface area contributed by atoms with Gasteiger partial charge in [0.25, 0.3) is 0 Å². The molecular weight excluding hydrogens is 396 g/mol. The van der Waals surface area contributed by atoms with E-state index >= 15 is 0 Å². The van der Waals surface area contributed by atoms with E-state index in [1.165, 1.54) is 49.7 Å². The number of hydrogen-bond acceptors (Lipinski definition) is 3. The van der Waals surface area contributed by atoms with Gasteiger partial charge in [0.2, 0.25) is 15.9 Å². The van der Waals surface area contributed by atoms with Crippen molar-refractivity contribution in [3.8, 4) is 0 Å². The van der Waals surface area contributed by atoms with Crippen molar-refractivity contribution in [3.63, 3.8) is 0 Å². The predicted octanol–water partition coefficient (Wildman–Crippen LogP) is 4.05. The molecule has 0 radical (unpaired) electrons. The highest BCUT2D eigenvalue weighted by Crippen LogP contribution is 2.29. The van der Waals surface area contributed by atoms with Gasteiger partial charge in [-0.05, 0) is 74.1 Å². The Morgan fingerprint density at radius 2 is 1.63 bits per heavy atom. The summed E-state index contributed by atoms with van der Waals surface area (Å²) < 4.78 is 27.8. The van der Waals surface area contributed by atoms with E-state index in [4.69, 9.17) is 0 Å². The number of sulfonamides is 1. The van der Waals surface area contributed by atoms with Crippen molar-refractivity contribution in [2.45, 2.75) is 81.9 Å². The van der Waals surface area contributed by atoms with Gasteiger partial charge < -0.3 is 5.32 Å². The van der Waals surface area contributed by atoms with Gasteiger partial charge in [0.05, 0.1) is 4.90 Å². The highest BCUT2D eigenvalue weighted by atomic mass is 32.2. The lowest BCUT2D eigenvalue weighted by molar-refractivity contribution is -0.126. The molecule has 2 fully saturated rings. The van der Waals surface area contributed by atoms with Gasteiger partial charge in [0, 0.05) is 25.6 Å². The van der Waals surface area contributed by atoms with Crippen LogP contribution < -0.4 is 5.32 Å². The highest BCUT2D eigenvalue weighted by molar-refractivity contribution is 7.89. The molecule has 0 aromatic heterocycles. The number of benzene rings is 1. The van der Waals surface area contributed by atoms with Crippen LogP contribution in [0, 0.1) is 11.8 Å². The summed E-state index contributed by atoms with van der Waals surface area (Å²) in [6.07, 6.45) is 13.3. The molecule has 3 aliphatic rings. The fourth-order valence-corrected chi connectivity index (χ4v) is 6.92. The van der Waals surface area contributed by atoms with Gasteiger partial charge in [-0.3, -0.25) is 4.79 Å². The number of nitrogens with zero attached hydrogens (tertiary/aromatic N) is 1. The van der Waals surface area contributed by atoms with E-state index in [-0.39, 0.29) is 11.8 Å². The fourth-order valence-electron chi connectivity index (χ4n) is 5.40. The molecule has 30 heavy (non-hydrogen) atoms. The van der Waals surface area contributed by atoms with Gasteiger partial charge in [-0.15, -0.1) is 0 Å². The quantitative estimate of drug-likeness (QED) is 0.737. The molecule has 2 aliphatic carbocycles. The Balaban J connectivity index is 1.27. The van der Waals surface area contributed by atoms with Gasteiger partial charge >= 0.3 is 0 Å². The first-order chi connectivity index (χ1) is 14.5. The molecule has 1 aromatic carbocycles. The maximum absolute atomic E-state index is 13.1. The third-order valence-corrected chi connectivity index (χ3v) is 9.25. The van der Waals surface area contributed by atoms with Crippen LogP contribution in [0.25, 0.3) is 0 Å². The molecule has 0 atom stereocenters. The first kappa shape index (κ1) is 21.8. The lowest BCUT2D eigenvalue weighted by Crippen LogP contribution is -2.43. The van der Waals surface area contributed by atoms with Crippen LogP contribution in [0.3, 0.4) is 0 Å². The minimum Gasteiger partial charge on any atom is -0.356 e. The van der Waals surface area contributed by atoms with Crippen LogP contribution in [0.15, 0.2) is 23.1 Å². The van der Waals surface area contributed by atoms with E-state index in [0.717, 1.165) is 38.1 Å². The van der Waals surface area contributed by atoms with E-state index in [1.807, 2.05) is 12.1 Å². The second-order valence-corrected chi connectivity index (χ2v) is 11.3. The molecule has 6 heteroatoms. The maximum Gasteiger partial charge on any atom is 0.243 e. The van der Waals surface area contributed by atoms with Crippen molar-refractivity contribution in [3.05, 3.63) is 29.3 Å². The van der Waals surface area contributed by atoms with Crippen LogP contribution in [-0.4, -0.2) is 38.3 Å². The van der Waals surface area contributed by atoms with Crippen LogP contribution in [0.2, 0.25) is 0 Å². The Hall–Kier alpha value is -1.40. The van der Waals surface area contributed by atoms with Gasteiger partial charge in [-0.1, -0.05) is 38.2 Å². The molecule has 1 aromatic rings. The number of amides is 1. The molecule has 1 saturated heterocycles. The molecule has 1 heterocycles. The van der Waals surface area contributed by atoms with Crippen molar-refractivity contribution >= 4 is 15.9 Å².